The standard InChI is InChI=1S/C18H22N2O2S/c1-12-5-10-17(16-4-3-11-19-18(12)16)23(21,22)20(15-8-9-15)13(2)14-6-7-14/h3-5,10-11,13-15H,6-9H2,1-2H3. The first-order chi connectivity index (χ1) is 11.0. The summed E-state index contributed by atoms with van der Waals surface area (Å²) < 4.78 is 28.6. The van der Waals surface area contributed by atoms with Gasteiger partial charge in [0.2, 0.25) is 10.0 Å². The Morgan fingerprint density at radius 1 is 1.17 bits per heavy atom. The zero-order valence-corrected chi connectivity index (χ0v) is 14.4. The molecule has 0 saturated heterocycles. The molecule has 2 saturated carbocycles. The molecular weight excluding hydrogens is 308 g/mol. The lowest BCUT2D eigenvalue weighted by Crippen LogP contribution is -2.41. The van der Waals surface area contributed by atoms with Gasteiger partial charge in [0, 0.05) is 23.7 Å². The third kappa shape index (κ3) is 2.56. The topological polar surface area (TPSA) is 50.3 Å². The van der Waals surface area contributed by atoms with Gasteiger partial charge in [-0.15, -0.1) is 0 Å². The van der Waals surface area contributed by atoms with E-state index in [2.05, 4.69) is 11.9 Å². The van der Waals surface area contributed by atoms with Crippen LogP contribution in [0.1, 0.15) is 38.2 Å². The highest BCUT2D eigenvalue weighted by atomic mass is 32.2. The Kier molecular flexibility index (Phi) is 3.46. The lowest BCUT2D eigenvalue weighted by atomic mass is 10.1. The van der Waals surface area contributed by atoms with Gasteiger partial charge in [0.25, 0.3) is 0 Å². The van der Waals surface area contributed by atoms with Gasteiger partial charge in [0.15, 0.2) is 0 Å². The number of benzene rings is 1. The van der Waals surface area contributed by atoms with Crippen molar-refractivity contribution < 1.29 is 8.42 Å². The molecule has 1 heterocycles. The molecule has 5 heteroatoms. The van der Waals surface area contributed by atoms with Crippen LogP contribution in [0.15, 0.2) is 35.4 Å². The smallest absolute Gasteiger partial charge is 0.244 e. The van der Waals surface area contributed by atoms with Crippen molar-refractivity contribution in [3.05, 3.63) is 36.0 Å². The maximum Gasteiger partial charge on any atom is 0.244 e. The minimum atomic E-state index is -3.49. The second-order valence-corrected chi connectivity index (χ2v) is 8.74. The fraction of sp³-hybridized carbons (Fsp3) is 0.500. The predicted molar refractivity (Wildman–Crippen MR) is 90.7 cm³/mol. The average molecular weight is 330 g/mol. The molecule has 0 amide bonds. The summed E-state index contributed by atoms with van der Waals surface area (Å²) in [6.45, 7) is 4.04. The van der Waals surface area contributed by atoms with Gasteiger partial charge in [-0.25, -0.2) is 8.42 Å². The van der Waals surface area contributed by atoms with Crippen molar-refractivity contribution in [3.63, 3.8) is 0 Å². The molecule has 0 spiro atoms. The largest absolute Gasteiger partial charge is 0.256 e. The molecule has 23 heavy (non-hydrogen) atoms. The summed E-state index contributed by atoms with van der Waals surface area (Å²) in [5.74, 6) is 0.528. The molecule has 0 radical (unpaired) electrons. The van der Waals surface area contributed by atoms with Gasteiger partial charge in [-0.3, -0.25) is 4.98 Å². The van der Waals surface area contributed by atoms with Crippen LogP contribution in [0.5, 0.6) is 0 Å². The lowest BCUT2D eigenvalue weighted by molar-refractivity contribution is 0.302. The first-order valence-corrected chi connectivity index (χ1v) is 9.82. The van der Waals surface area contributed by atoms with Crippen LogP contribution in [0, 0.1) is 12.8 Å². The second kappa shape index (κ2) is 5.28. The molecule has 1 aromatic carbocycles. The summed E-state index contributed by atoms with van der Waals surface area (Å²) in [4.78, 5) is 4.79. The number of hydrogen-bond donors (Lipinski definition) is 0. The molecule has 4 nitrogen and oxygen atoms in total. The molecule has 0 N–H and O–H groups in total. The van der Waals surface area contributed by atoms with Crippen molar-refractivity contribution >= 4 is 20.9 Å². The fourth-order valence-corrected chi connectivity index (χ4v) is 5.61. The van der Waals surface area contributed by atoms with Crippen LogP contribution in [0.2, 0.25) is 0 Å². The minimum Gasteiger partial charge on any atom is -0.256 e. The molecule has 2 aliphatic rings. The van der Waals surface area contributed by atoms with E-state index in [0.29, 0.717) is 10.8 Å². The quantitative estimate of drug-likeness (QED) is 0.843. The number of aryl methyl sites for hydroxylation is 1. The summed E-state index contributed by atoms with van der Waals surface area (Å²) in [6.07, 6.45) is 5.99. The molecule has 0 bridgehead atoms. The molecule has 2 aliphatic carbocycles. The molecule has 1 atom stereocenters. The van der Waals surface area contributed by atoms with Crippen LogP contribution in [0.25, 0.3) is 10.9 Å². The van der Waals surface area contributed by atoms with Crippen LogP contribution >= 0.6 is 0 Å². The first kappa shape index (κ1) is 15.1. The molecule has 0 aliphatic heterocycles. The molecule has 2 fully saturated rings. The number of aromatic nitrogens is 1. The normalized spacial score (nSPS) is 20.1. The van der Waals surface area contributed by atoms with Crippen LogP contribution in [0.4, 0.5) is 0 Å². The van der Waals surface area contributed by atoms with E-state index in [1.54, 1.807) is 16.6 Å². The van der Waals surface area contributed by atoms with Gasteiger partial charge < -0.3 is 0 Å². The number of fused-ring (bicyclic) bond motifs is 1. The number of sulfonamides is 1. The van der Waals surface area contributed by atoms with E-state index >= 15 is 0 Å². The van der Waals surface area contributed by atoms with Gasteiger partial charge in [-0.05, 0) is 69.2 Å². The maximum atomic E-state index is 13.4. The first-order valence-electron chi connectivity index (χ1n) is 8.38. The zero-order valence-electron chi connectivity index (χ0n) is 13.6. The van der Waals surface area contributed by atoms with Gasteiger partial charge in [-0.2, -0.15) is 4.31 Å². The van der Waals surface area contributed by atoms with Crippen molar-refractivity contribution in [2.75, 3.05) is 0 Å². The minimum absolute atomic E-state index is 0.0977. The Labute approximate surface area is 137 Å². The number of rotatable bonds is 5. The number of hydrogen-bond acceptors (Lipinski definition) is 3. The van der Waals surface area contributed by atoms with Gasteiger partial charge in [-0.1, -0.05) is 6.07 Å². The van der Waals surface area contributed by atoms with E-state index in [4.69, 9.17) is 0 Å². The van der Waals surface area contributed by atoms with Crippen molar-refractivity contribution in [1.82, 2.24) is 9.29 Å². The average Bonchev–Trinajstić information content (AvgIpc) is 3.39. The molecular formula is C18H22N2O2S. The summed E-state index contributed by atoms with van der Waals surface area (Å²) in [7, 11) is -3.49. The summed E-state index contributed by atoms with van der Waals surface area (Å²) >= 11 is 0. The lowest BCUT2D eigenvalue weighted by Gasteiger charge is -2.29. The molecule has 2 aromatic rings. The maximum absolute atomic E-state index is 13.4. The highest BCUT2D eigenvalue weighted by Crippen LogP contribution is 2.43. The van der Waals surface area contributed by atoms with E-state index in [1.807, 2.05) is 25.1 Å². The number of pyridine rings is 1. The van der Waals surface area contributed by atoms with Crippen molar-refractivity contribution in [2.24, 2.45) is 5.92 Å². The summed E-state index contributed by atoms with van der Waals surface area (Å²) in [5.41, 5.74) is 1.79. The van der Waals surface area contributed by atoms with E-state index < -0.39 is 10.0 Å². The van der Waals surface area contributed by atoms with Crippen LogP contribution in [-0.2, 0) is 10.0 Å². The second-order valence-electron chi connectivity index (χ2n) is 6.92. The van der Waals surface area contributed by atoms with E-state index in [1.165, 1.54) is 0 Å². The SMILES string of the molecule is Cc1ccc(S(=O)(=O)N(C2CC2)C(C)C2CC2)c2cccnc12. The van der Waals surface area contributed by atoms with Crippen molar-refractivity contribution in [1.29, 1.82) is 0 Å². The highest BCUT2D eigenvalue weighted by Gasteiger charge is 2.46. The third-order valence-corrected chi connectivity index (χ3v) is 7.20. The third-order valence-electron chi connectivity index (χ3n) is 5.10. The predicted octanol–water partition coefficient (Wildman–Crippen LogP) is 3.49. The van der Waals surface area contributed by atoms with Gasteiger partial charge in [0.1, 0.15) is 0 Å². The Hall–Kier alpha value is -1.46. The molecule has 4 rings (SSSR count). The highest BCUT2D eigenvalue weighted by molar-refractivity contribution is 7.89. The molecule has 1 aromatic heterocycles. The van der Waals surface area contributed by atoms with E-state index in [9.17, 15) is 8.42 Å². The van der Waals surface area contributed by atoms with Crippen molar-refractivity contribution in [3.8, 4) is 0 Å². The van der Waals surface area contributed by atoms with Crippen LogP contribution in [-0.4, -0.2) is 29.8 Å². The molecule has 1 unspecified atom stereocenters. The van der Waals surface area contributed by atoms with Gasteiger partial charge in [0.05, 0.1) is 10.4 Å². The summed E-state index contributed by atoms with van der Waals surface area (Å²) in [5, 5.41) is 0.737. The van der Waals surface area contributed by atoms with Gasteiger partial charge >= 0.3 is 0 Å². The Morgan fingerprint density at radius 3 is 2.57 bits per heavy atom. The monoisotopic (exact) mass is 330 g/mol. The van der Waals surface area contributed by atoms with Crippen LogP contribution < -0.4 is 0 Å². The van der Waals surface area contributed by atoms with Crippen LogP contribution in [0.3, 0.4) is 0 Å². The Balaban J connectivity index is 1.86. The van der Waals surface area contributed by atoms with Crippen molar-refractivity contribution in [2.45, 2.75) is 56.5 Å². The van der Waals surface area contributed by atoms with E-state index in [0.717, 1.165) is 42.1 Å². The Morgan fingerprint density at radius 2 is 1.91 bits per heavy atom. The number of nitrogens with zero attached hydrogens (tertiary/aromatic N) is 2. The molecule has 122 valence electrons. The van der Waals surface area contributed by atoms with E-state index in [-0.39, 0.29) is 12.1 Å². The fourth-order valence-electron chi connectivity index (χ4n) is 3.49. The Bertz CT molecular complexity index is 854. The summed E-state index contributed by atoms with van der Waals surface area (Å²) in [6, 6.07) is 7.59. The zero-order chi connectivity index (χ0) is 16.2.